The van der Waals surface area contributed by atoms with Crippen molar-refractivity contribution in [2.45, 2.75) is 26.0 Å². The number of hydrogen-bond acceptors (Lipinski definition) is 8. The second-order valence-electron chi connectivity index (χ2n) is 8.18. The van der Waals surface area contributed by atoms with Gasteiger partial charge in [-0.05, 0) is 36.8 Å². The molecule has 0 saturated carbocycles. The normalized spacial score (nSPS) is 12.4. The highest BCUT2D eigenvalue weighted by Gasteiger charge is 2.20. The van der Waals surface area contributed by atoms with Gasteiger partial charge in [0.05, 0.1) is 23.9 Å². The first kappa shape index (κ1) is 26.1. The van der Waals surface area contributed by atoms with E-state index in [0.29, 0.717) is 37.6 Å². The van der Waals surface area contributed by atoms with Crippen molar-refractivity contribution in [1.82, 2.24) is 4.57 Å². The molecule has 0 saturated heterocycles. The Morgan fingerprint density at radius 2 is 1.81 bits per heavy atom. The van der Waals surface area contributed by atoms with Crippen molar-refractivity contribution in [3.05, 3.63) is 99.2 Å². The lowest BCUT2D eigenvalue weighted by atomic mass is 10.0. The van der Waals surface area contributed by atoms with Gasteiger partial charge in [0.2, 0.25) is 0 Å². The van der Waals surface area contributed by atoms with Crippen molar-refractivity contribution in [2.24, 2.45) is 5.16 Å². The molecular formula is C28H28N2O6S. The number of fused-ring (bicyclic) bond motifs is 1. The van der Waals surface area contributed by atoms with Gasteiger partial charge in [-0.1, -0.05) is 65.0 Å². The van der Waals surface area contributed by atoms with E-state index in [1.165, 1.54) is 7.11 Å². The van der Waals surface area contributed by atoms with E-state index in [1.807, 2.05) is 79.7 Å². The molecule has 1 aromatic heterocycles. The SMILES string of the molecule is CCOC(Cc1ccc(OCCn2c(=O)sc3cc(C(=NO)c4ccccc4)ccc32)cc1)C(=O)OC. The number of methoxy groups -OCH3 is 1. The number of carbonyl (C=O) groups is 1. The molecule has 37 heavy (non-hydrogen) atoms. The van der Waals surface area contributed by atoms with Gasteiger partial charge < -0.3 is 19.4 Å². The van der Waals surface area contributed by atoms with E-state index in [2.05, 4.69) is 5.16 Å². The second-order valence-corrected chi connectivity index (χ2v) is 9.17. The maximum absolute atomic E-state index is 12.7. The Kier molecular flexibility index (Phi) is 8.71. The zero-order chi connectivity index (χ0) is 26.2. The van der Waals surface area contributed by atoms with Crippen LogP contribution < -0.4 is 9.61 Å². The minimum absolute atomic E-state index is 0.0851. The van der Waals surface area contributed by atoms with Gasteiger partial charge in [0, 0.05) is 24.2 Å². The van der Waals surface area contributed by atoms with Crippen LogP contribution in [0.4, 0.5) is 0 Å². The smallest absolute Gasteiger partial charge is 0.335 e. The third-order valence-corrected chi connectivity index (χ3v) is 6.79. The van der Waals surface area contributed by atoms with Crippen molar-refractivity contribution in [2.75, 3.05) is 20.3 Å². The van der Waals surface area contributed by atoms with E-state index < -0.39 is 12.1 Å². The lowest BCUT2D eigenvalue weighted by Crippen LogP contribution is -2.28. The summed E-state index contributed by atoms with van der Waals surface area (Å²) in [5.41, 5.74) is 3.68. The molecule has 1 heterocycles. The first-order valence-electron chi connectivity index (χ1n) is 11.9. The number of benzene rings is 3. The van der Waals surface area contributed by atoms with Gasteiger partial charge >= 0.3 is 10.8 Å². The molecular weight excluding hydrogens is 492 g/mol. The van der Waals surface area contributed by atoms with Crippen LogP contribution >= 0.6 is 11.3 Å². The molecule has 9 heteroatoms. The summed E-state index contributed by atoms with van der Waals surface area (Å²) in [6.07, 6.45) is -0.236. The van der Waals surface area contributed by atoms with Crippen molar-refractivity contribution in [1.29, 1.82) is 0 Å². The summed E-state index contributed by atoms with van der Waals surface area (Å²) in [6.45, 7) is 2.94. The highest BCUT2D eigenvalue weighted by atomic mass is 32.1. The van der Waals surface area contributed by atoms with Crippen molar-refractivity contribution < 1.29 is 24.2 Å². The predicted molar refractivity (Wildman–Crippen MR) is 143 cm³/mol. The minimum Gasteiger partial charge on any atom is -0.492 e. The van der Waals surface area contributed by atoms with E-state index in [4.69, 9.17) is 14.2 Å². The van der Waals surface area contributed by atoms with E-state index in [-0.39, 0.29) is 4.87 Å². The molecule has 0 aliphatic heterocycles. The Labute approximate surface area is 218 Å². The van der Waals surface area contributed by atoms with Crippen LogP contribution in [0.1, 0.15) is 23.6 Å². The maximum atomic E-state index is 12.7. The van der Waals surface area contributed by atoms with Gasteiger partial charge in [-0.15, -0.1) is 0 Å². The number of oxime groups is 1. The van der Waals surface area contributed by atoms with Gasteiger partial charge in [0.15, 0.2) is 6.10 Å². The molecule has 0 bridgehead atoms. The monoisotopic (exact) mass is 520 g/mol. The molecule has 1 atom stereocenters. The van der Waals surface area contributed by atoms with Crippen LogP contribution in [0.15, 0.2) is 82.7 Å². The van der Waals surface area contributed by atoms with Crippen molar-refractivity contribution >= 4 is 33.2 Å². The molecule has 4 aromatic rings. The number of hydrogen-bond donors (Lipinski definition) is 1. The first-order valence-corrected chi connectivity index (χ1v) is 12.7. The second kappa shape index (κ2) is 12.3. The summed E-state index contributed by atoms with van der Waals surface area (Å²) >= 11 is 1.14. The number of nitrogens with zero attached hydrogens (tertiary/aromatic N) is 2. The lowest BCUT2D eigenvalue weighted by Gasteiger charge is -2.15. The summed E-state index contributed by atoms with van der Waals surface area (Å²) in [5, 5.41) is 13.1. The quantitative estimate of drug-likeness (QED) is 0.135. The number of esters is 1. The van der Waals surface area contributed by atoms with Gasteiger partial charge in [-0.2, -0.15) is 0 Å². The third-order valence-electron chi connectivity index (χ3n) is 5.85. The fourth-order valence-electron chi connectivity index (χ4n) is 4.04. The van der Waals surface area contributed by atoms with Crippen molar-refractivity contribution in [3.8, 4) is 5.75 Å². The lowest BCUT2D eigenvalue weighted by molar-refractivity contribution is -0.153. The van der Waals surface area contributed by atoms with Gasteiger partial charge in [-0.3, -0.25) is 9.36 Å². The molecule has 192 valence electrons. The molecule has 1 unspecified atom stereocenters. The zero-order valence-electron chi connectivity index (χ0n) is 20.6. The highest BCUT2D eigenvalue weighted by Crippen LogP contribution is 2.22. The summed E-state index contributed by atoms with van der Waals surface area (Å²) in [6, 6.07) is 22.4. The zero-order valence-corrected chi connectivity index (χ0v) is 21.4. The fraction of sp³-hybridized carbons (Fsp3) is 0.250. The average Bonchev–Trinajstić information content (AvgIpc) is 3.24. The van der Waals surface area contributed by atoms with Gasteiger partial charge in [0.25, 0.3) is 0 Å². The first-order chi connectivity index (χ1) is 18.0. The molecule has 3 aromatic carbocycles. The summed E-state index contributed by atoms with van der Waals surface area (Å²) in [7, 11) is 1.34. The molecule has 4 rings (SSSR count). The number of aromatic nitrogens is 1. The van der Waals surface area contributed by atoms with E-state index in [9.17, 15) is 14.8 Å². The minimum atomic E-state index is -0.645. The van der Waals surface area contributed by atoms with Crippen LogP contribution in [0, 0.1) is 0 Å². The number of thiazole rings is 1. The predicted octanol–water partition coefficient (Wildman–Crippen LogP) is 4.49. The van der Waals surface area contributed by atoms with Gasteiger partial charge in [-0.25, -0.2) is 4.79 Å². The molecule has 0 aliphatic rings. The largest absolute Gasteiger partial charge is 0.492 e. The summed E-state index contributed by atoms with van der Waals surface area (Å²) < 4.78 is 18.6. The molecule has 0 amide bonds. The molecule has 1 N–H and O–H groups in total. The fourth-order valence-corrected chi connectivity index (χ4v) is 4.99. The van der Waals surface area contributed by atoms with Crippen LogP contribution in [-0.4, -0.2) is 47.9 Å². The summed E-state index contributed by atoms with van der Waals surface area (Å²) in [5.74, 6) is 0.263. The Morgan fingerprint density at radius 3 is 2.49 bits per heavy atom. The van der Waals surface area contributed by atoms with E-state index in [0.717, 1.165) is 38.2 Å². The number of ether oxygens (including phenoxy) is 3. The Balaban J connectivity index is 1.41. The number of rotatable bonds is 11. The topological polar surface area (TPSA) is 99.4 Å². The average molecular weight is 521 g/mol. The number of carbonyl (C=O) groups excluding carboxylic acids is 1. The molecule has 0 radical (unpaired) electrons. The molecule has 0 fully saturated rings. The summed E-state index contributed by atoms with van der Waals surface area (Å²) in [4.78, 5) is 24.5. The molecule has 8 nitrogen and oxygen atoms in total. The van der Waals surface area contributed by atoms with Crippen LogP contribution in [0.2, 0.25) is 0 Å². The van der Waals surface area contributed by atoms with Crippen LogP contribution in [-0.2, 0) is 27.2 Å². The highest BCUT2D eigenvalue weighted by molar-refractivity contribution is 7.16. The Morgan fingerprint density at radius 1 is 1.05 bits per heavy atom. The molecule has 0 aliphatic carbocycles. The van der Waals surface area contributed by atoms with E-state index in [1.54, 1.807) is 4.57 Å². The Hall–Kier alpha value is -3.95. The van der Waals surface area contributed by atoms with Crippen LogP contribution in [0.25, 0.3) is 10.2 Å². The van der Waals surface area contributed by atoms with Gasteiger partial charge in [0.1, 0.15) is 18.1 Å². The third kappa shape index (κ3) is 6.25. The molecule has 0 spiro atoms. The van der Waals surface area contributed by atoms with Crippen LogP contribution in [0.5, 0.6) is 5.75 Å². The maximum Gasteiger partial charge on any atom is 0.335 e. The Bertz CT molecular complexity index is 1430. The van der Waals surface area contributed by atoms with E-state index >= 15 is 0 Å². The van der Waals surface area contributed by atoms with Crippen LogP contribution in [0.3, 0.4) is 0 Å². The van der Waals surface area contributed by atoms with Crippen molar-refractivity contribution in [3.63, 3.8) is 0 Å². The standard InChI is InChI=1S/C28H28N2O6S/c1-3-35-24(27(31)34-2)17-19-9-12-22(13-10-19)36-16-15-30-23-14-11-21(18-25(23)37-28(30)32)26(29-33)20-7-5-4-6-8-20/h4-14,18,24,33H,3,15-17H2,1-2H3.